The van der Waals surface area contributed by atoms with E-state index in [9.17, 15) is 4.79 Å². The minimum atomic E-state index is 0.00752. The number of ether oxygens (including phenoxy) is 2. The van der Waals surface area contributed by atoms with Gasteiger partial charge in [-0.3, -0.25) is 9.36 Å². The molecule has 0 unspecified atom stereocenters. The molecule has 1 aromatic rings. The number of thioether (sulfide) groups is 1. The number of nitrogens with one attached hydrogen (secondary N) is 1. The van der Waals surface area contributed by atoms with E-state index in [1.165, 1.54) is 11.8 Å². The van der Waals surface area contributed by atoms with Crippen LogP contribution in [0.1, 0.15) is 27.2 Å². The van der Waals surface area contributed by atoms with Crippen molar-refractivity contribution >= 4 is 23.6 Å². The molecule has 1 amide bonds. The first-order valence-electron chi connectivity index (χ1n) is 8.88. The van der Waals surface area contributed by atoms with Crippen molar-refractivity contribution in [3.63, 3.8) is 0 Å². The molecule has 1 aliphatic heterocycles. The van der Waals surface area contributed by atoms with E-state index >= 15 is 0 Å². The number of hydrogen-bond acceptors (Lipinski definition) is 7. The summed E-state index contributed by atoms with van der Waals surface area (Å²) < 4.78 is 12.9. The molecule has 1 aliphatic rings. The molecular weight excluding hydrogens is 342 g/mol. The van der Waals surface area contributed by atoms with Gasteiger partial charge in [-0.15, -0.1) is 10.2 Å². The maximum atomic E-state index is 12.0. The van der Waals surface area contributed by atoms with Gasteiger partial charge in [0.2, 0.25) is 11.9 Å². The monoisotopic (exact) mass is 371 g/mol. The summed E-state index contributed by atoms with van der Waals surface area (Å²) in [5.74, 6) is 1.21. The third-order valence-corrected chi connectivity index (χ3v) is 4.70. The Kier molecular flexibility index (Phi) is 8.50. The number of morpholine rings is 1. The number of carbonyl (C=O) groups is 1. The summed E-state index contributed by atoms with van der Waals surface area (Å²) in [7, 11) is 0. The molecule has 1 N–H and O–H groups in total. The number of carbonyl (C=O) groups excluding carboxylic acids is 1. The first-order valence-corrected chi connectivity index (χ1v) is 9.87. The molecule has 0 saturated carbocycles. The Labute approximate surface area is 153 Å². The summed E-state index contributed by atoms with van der Waals surface area (Å²) in [5, 5.41) is 12.3. The van der Waals surface area contributed by atoms with Crippen LogP contribution in [-0.2, 0) is 20.8 Å². The standard InChI is InChI=1S/C16H29N5O3S/c1-4-21-15(20-7-10-23-11-8-20)18-19-16(21)25-12-14(22)17-6-5-9-24-13(2)3/h13H,4-12H2,1-3H3,(H,17,22). The van der Waals surface area contributed by atoms with E-state index in [2.05, 4.69) is 31.9 Å². The summed E-state index contributed by atoms with van der Waals surface area (Å²) in [4.78, 5) is 14.1. The average Bonchev–Trinajstić information content (AvgIpc) is 3.03. The number of hydrogen-bond donors (Lipinski definition) is 1. The van der Waals surface area contributed by atoms with Crippen LogP contribution in [0.25, 0.3) is 0 Å². The molecule has 8 nitrogen and oxygen atoms in total. The Bertz CT molecular complexity index is 532. The van der Waals surface area contributed by atoms with Gasteiger partial charge in [0.25, 0.3) is 0 Å². The molecule has 2 rings (SSSR count). The molecule has 0 aliphatic carbocycles. The summed E-state index contributed by atoms with van der Waals surface area (Å²) in [5.41, 5.74) is 0. The molecule has 0 bridgehead atoms. The lowest BCUT2D eigenvalue weighted by Crippen LogP contribution is -2.38. The van der Waals surface area contributed by atoms with Gasteiger partial charge >= 0.3 is 0 Å². The topological polar surface area (TPSA) is 81.5 Å². The Morgan fingerprint density at radius 2 is 2.12 bits per heavy atom. The van der Waals surface area contributed by atoms with Crippen LogP contribution in [-0.4, -0.2) is 72.0 Å². The molecular formula is C16H29N5O3S. The van der Waals surface area contributed by atoms with Gasteiger partial charge in [0.05, 0.1) is 25.1 Å². The van der Waals surface area contributed by atoms with Crippen LogP contribution in [0.15, 0.2) is 5.16 Å². The highest BCUT2D eigenvalue weighted by Crippen LogP contribution is 2.22. The summed E-state index contributed by atoms with van der Waals surface area (Å²) in [6.07, 6.45) is 1.05. The predicted molar refractivity (Wildman–Crippen MR) is 98.2 cm³/mol. The van der Waals surface area contributed by atoms with Gasteiger partial charge in [0.15, 0.2) is 5.16 Å². The Morgan fingerprint density at radius 3 is 2.80 bits per heavy atom. The lowest BCUT2D eigenvalue weighted by molar-refractivity contribution is -0.118. The van der Waals surface area contributed by atoms with Crippen LogP contribution in [0.3, 0.4) is 0 Å². The van der Waals surface area contributed by atoms with Gasteiger partial charge in [-0.25, -0.2) is 0 Å². The fourth-order valence-corrected chi connectivity index (χ4v) is 3.29. The zero-order valence-electron chi connectivity index (χ0n) is 15.4. The molecule has 1 saturated heterocycles. The third-order valence-electron chi connectivity index (χ3n) is 3.73. The Balaban J connectivity index is 1.76. The minimum Gasteiger partial charge on any atom is -0.379 e. The summed E-state index contributed by atoms with van der Waals surface area (Å²) in [6.45, 7) is 11.2. The van der Waals surface area contributed by atoms with Gasteiger partial charge in [-0.05, 0) is 27.2 Å². The van der Waals surface area contributed by atoms with Crippen LogP contribution in [0.4, 0.5) is 5.95 Å². The maximum Gasteiger partial charge on any atom is 0.230 e. The highest BCUT2D eigenvalue weighted by atomic mass is 32.2. The fourth-order valence-electron chi connectivity index (χ4n) is 2.46. The molecule has 0 aromatic carbocycles. The van der Waals surface area contributed by atoms with Gasteiger partial charge in [-0.1, -0.05) is 11.8 Å². The SMILES string of the molecule is CCn1c(SCC(=O)NCCCOC(C)C)nnc1N1CCOCC1. The summed E-state index contributed by atoms with van der Waals surface area (Å²) >= 11 is 1.42. The van der Waals surface area contributed by atoms with Crippen molar-refractivity contribution in [2.75, 3.05) is 50.1 Å². The van der Waals surface area contributed by atoms with E-state index in [1.807, 2.05) is 13.8 Å². The number of amides is 1. The molecule has 0 radical (unpaired) electrons. The molecule has 2 heterocycles. The van der Waals surface area contributed by atoms with Crippen LogP contribution >= 0.6 is 11.8 Å². The van der Waals surface area contributed by atoms with Crippen LogP contribution < -0.4 is 10.2 Å². The fraction of sp³-hybridized carbons (Fsp3) is 0.812. The van der Waals surface area contributed by atoms with E-state index in [0.717, 1.165) is 37.2 Å². The van der Waals surface area contributed by atoms with E-state index in [0.29, 0.717) is 32.1 Å². The second-order valence-corrected chi connectivity index (χ2v) is 6.98. The molecule has 1 fully saturated rings. The highest BCUT2D eigenvalue weighted by molar-refractivity contribution is 7.99. The lowest BCUT2D eigenvalue weighted by Gasteiger charge is -2.27. The van der Waals surface area contributed by atoms with Crippen molar-refractivity contribution in [2.24, 2.45) is 0 Å². The number of rotatable bonds is 10. The second-order valence-electron chi connectivity index (χ2n) is 6.04. The van der Waals surface area contributed by atoms with Gasteiger partial charge in [-0.2, -0.15) is 0 Å². The average molecular weight is 372 g/mol. The zero-order valence-corrected chi connectivity index (χ0v) is 16.2. The quantitative estimate of drug-likeness (QED) is 0.488. The number of nitrogens with zero attached hydrogens (tertiary/aromatic N) is 4. The molecule has 1 aromatic heterocycles. The van der Waals surface area contributed by atoms with Crippen molar-refractivity contribution in [1.29, 1.82) is 0 Å². The predicted octanol–water partition coefficient (Wildman–Crippen LogP) is 1.16. The maximum absolute atomic E-state index is 12.0. The van der Waals surface area contributed by atoms with Gasteiger partial charge < -0.3 is 19.7 Å². The largest absolute Gasteiger partial charge is 0.379 e. The Hall–Kier alpha value is -1.32. The minimum absolute atomic E-state index is 0.00752. The van der Waals surface area contributed by atoms with Gasteiger partial charge in [0.1, 0.15) is 0 Å². The van der Waals surface area contributed by atoms with E-state index < -0.39 is 0 Å². The first-order chi connectivity index (χ1) is 12.1. The molecule has 0 atom stereocenters. The van der Waals surface area contributed by atoms with Crippen LogP contribution in [0, 0.1) is 0 Å². The van der Waals surface area contributed by atoms with Crippen molar-refractivity contribution < 1.29 is 14.3 Å². The molecule has 0 spiro atoms. The third kappa shape index (κ3) is 6.48. The summed E-state index contributed by atoms with van der Waals surface area (Å²) in [6, 6.07) is 0. The lowest BCUT2D eigenvalue weighted by atomic mass is 10.4. The van der Waals surface area contributed by atoms with Crippen molar-refractivity contribution in [3.8, 4) is 0 Å². The Morgan fingerprint density at radius 1 is 1.36 bits per heavy atom. The second kappa shape index (κ2) is 10.6. The number of anilines is 1. The van der Waals surface area contributed by atoms with Crippen LogP contribution in [0.5, 0.6) is 0 Å². The van der Waals surface area contributed by atoms with E-state index in [1.54, 1.807) is 0 Å². The smallest absolute Gasteiger partial charge is 0.230 e. The molecule has 9 heteroatoms. The molecule has 25 heavy (non-hydrogen) atoms. The van der Waals surface area contributed by atoms with Crippen molar-refractivity contribution in [2.45, 2.75) is 45.0 Å². The number of aromatic nitrogens is 3. The van der Waals surface area contributed by atoms with Gasteiger partial charge in [0, 0.05) is 32.8 Å². The van der Waals surface area contributed by atoms with Crippen molar-refractivity contribution in [3.05, 3.63) is 0 Å². The normalized spacial score (nSPS) is 15.0. The molecule has 142 valence electrons. The first kappa shape index (κ1) is 20.0. The highest BCUT2D eigenvalue weighted by Gasteiger charge is 2.20. The van der Waals surface area contributed by atoms with Crippen LogP contribution in [0.2, 0.25) is 0 Å². The zero-order chi connectivity index (χ0) is 18.1. The van der Waals surface area contributed by atoms with E-state index in [4.69, 9.17) is 9.47 Å². The van der Waals surface area contributed by atoms with E-state index in [-0.39, 0.29) is 12.0 Å². The van der Waals surface area contributed by atoms with Crippen molar-refractivity contribution in [1.82, 2.24) is 20.1 Å².